The summed E-state index contributed by atoms with van der Waals surface area (Å²) in [6, 6.07) is 9.97. The fraction of sp³-hybridized carbons (Fsp3) is 0.400. The maximum absolute atomic E-state index is 11.8. The van der Waals surface area contributed by atoms with Crippen molar-refractivity contribution in [1.29, 1.82) is 0 Å². The number of carbonyl (C=O) groups is 1. The Balaban J connectivity index is 2.80. The van der Waals surface area contributed by atoms with Gasteiger partial charge in [0.1, 0.15) is 0 Å². The minimum Gasteiger partial charge on any atom is -0.540 e. The number of ether oxygens (including phenoxy) is 1. The van der Waals surface area contributed by atoms with Gasteiger partial charge in [0.25, 0.3) is 0 Å². The van der Waals surface area contributed by atoms with Gasteiger partial charge in [-0.15, -0.1) is 0 Å². The molecule has 1 aromatic carbocycles. The summed E-state index contributed by atoms with van der Waals surface area (Å²) in [6.45, 7) is 8.28. The highest BCUT2D eigenvalue weighted by molar-refractivity contribution is 6.70. The van der Waals surface area contributed by atoms with Crippen LogP contribution < -0.4 is 0 Å². The van der Waals surface area contributed by atoms with Crippen LogP contribution in [0.5, 0.6) is 0 Å². The van der Waals surface area contributed by atoms with Crippen LogP contribution in [-0.4, -0.2) is 20.9 Å². The Morgan fingerprint density at radius 1 is 1.21 bits per heavy atom. The van der Waals surface area contributed by atoms with E-state index in [1.807, 2.05) is 56.0 Å². The normalized spacial score (nSPS) is 12.1. The molecule has 0 saturated heterocycles. The quantitative estimate of drug-likeness (QED) is 0.346. The van der Waals surface area contributed by atoms with Crippen LogP contribution in [0.15, 0.2) is 42.2 Å². The third-order valence-electron chi connectivity index (χ3n) is 2.26. The summed E-state index contributed by atoms with van der Waals surface area (Å²) in [5.74, 6) is -0.0364. The second-order valence-electron chi connectivity index (χ2n) is 5.19. The third-order valence-corrected chi connectivity index (χ3v) is 3.09. The Morgan fingerprint density at radius 3 is 2.37 bits per heavy atom. The minimum absolute atomic E-state index is 0.338. The van der Waals surface area contributed by atoms with E-state index >= 15 is 0 Å². The van der Waals surface area contributed by atoms with E-state index in [-0.39, 0.29) is 5.97 Å². The summed E-state index contributed by atoms with van der Waals surface area (Å²) >= 11 is 0. The Hall–Kier alpha value is -1.55. The highest BCUT2D eigenvalue weighted by atomic mass is 28.4. The minimum atomic E-state index is -1.82. The lowest BCUT2D eigenvalue weighted by Gasteiger charge is -2.20. The van der Waals surface area contributed by atoms with Gasteiger partial charge in [0, 0.05) is 0 Å². The van der Waals surface area contributed by atoms with Crippen molar-refractivity contribution in [3.8, 4) is 0 Å². The van der Waals surface area contributed by atoms with Gasteiger partial charge in [-0.1, -0.05) is 30.3 Å². The second-order valence-corrected chi connectivity index (χ2v) is 9.62. The zero-order valence-electron chi connectivity index (χ0n) is 12.1. The lowest BCUT2D eigenvalue weighted by atomic mass is 10.1. The molecule has 0 radical (unpaired) electrons. The van der Waals surface area contributed by atoms with Crippen LogP contribution in [0, 0.1) is 0 Å². The molecule has 0 heterocycles. The third kappa shape index (κ3) is 6.24. The standard InChI is InChI=1S/C15H22O3Si/c1-5-17-15(16)14(18-19(2,3)4)12-11-13-9-7-6-8-10-13/h6-10,12H,5,11H2,1-4H3/b14-12+. The van der Waals surface area contributed by atoms with Gasteiger partial charge in [0.15, 0.2) is 5.76 Å². The first kappa shape index (κ1) is 15.5. The number of esters is 1. The summed E-state index contributed by atoms with van der Waals surface area (Å²) in [6.07, 6.45) is 2.48. The molecular formula is C15H22O3Si. The van der Waals surface area contributed by atoms with Crippen molar-refractivity contribution >= 4 is 14.3 Å². The van der Waals surface area contributed by atoms with E-state index in [2.05, 4.69) is 0 Å². The molecule has 19 heavy (non-hydrogen) atoms. The van der Waals surface area contributed by atoms with Crippen molar-refractivity contribution in [2.24, 2.45) is 0 Å². The zero-order chi connectivity index (χ0) is 14.3. The van der Waals surface area contributed by atoms with Crippen LogP contribution in [0.4, 0.5) is 0 Å². The number of carbonyl (C=O) groups excluding carboxylic acids is 1. The molecule has 0 aliphatic carbocycles. The molecule has 0 aliphatic heterocycles. The van der Waals surface area contributed by atoms with Crippen molar-refractivity contribution in [2.75, 3.05) is 6.61 Å². The molecule has 0 fully saturated rings. The second kappa shape index (κ2) is 7.14. The van der Waals surface area contributed by atoms with Crippen molar-refractivity contribution in [1.82, 2.24) is 0 Å². The van der Waals surface area contributed by atoms with Gasteiger partial charge in [-0.3, -0.25) is 0 Å². The molecule has 0 unspecified atom stereocenters. The monoisotopic (exact) mass is 278 g/mol. The van der Waals surface area contributed by atoms with Crippen molar-refractivity contribution < 1.29 is 14.0 Å². The summed E-state index contributed by atoms with van der Waals surface area (Å²) in [5.41, 5.74) is 1.14. The molecule has 1 aromatic rings. The lowest BCUT2D eigenvalue weighted by molar-refractivity contribution is -0.141. The highest BCUT2D eigenvalue weighted by Crippen LogP contribution is 2.13. The number of benzene rings is 1. The largest absolute Gasteiger partial charge is 0.540 e. The fourth-order valence-electron chi connectivity index (χ4n) is 1.52. The van der Waals surface area contributed by atoms with Gasteiger partial charge >= 0.3 is 5.97 Å². The van der Waals surface area contributed by atoms with Crippen molar-refractivity contribution in [3.05, 3.63) is 47.7 Å². The first-order valence-electron chi connectivity index (χ1n) is 6.52. The van der Waals surface area contributed by atoms with Gasteiger partial charge in [-0.25, -0.2) is 4.79 Å². The van der Waals surface area contributed by atoms with Crippen LogP contribution in [0.3, 0.4) is 0 Å². The highest BCUT2D eigenvalue weighted by Gasteiger charge is 2.22. The van der Waals surface area contributed by atoms with Crippen LogP contribution in [-0.2, 0) is 20.4 Å². The number of rotatable bonds is 6. The van der Waals surface area contributed by atoms with Gasteiger partial charge in [0.2, 0.25) is 8.32 Å². The Labute approximate surface area is 116 Å². The molecule has 0 aliphatic rings. The lowest BCUT2D eigenvalue weighted by Crippen LogP contribution is -2.28. The maximum Gasteiger partial charge on any atom is 0.371 e. The molecule has 0 spiro atoms. The van der Waals surface area contributed by atoms with Crippen LogP contribution in [0.25, 0.3) is 0 Å². The summed E-state index contributed by atoms with van der Waals surface area (Å²) in [4.78, 5) is 11.8. The van der Waals surface area contributed by atoms with E-state index < -0.39 is 8.32 Å². The molecule has 0 atom stereocenters. The maximum atomic E-state index is 11.8. The van der Waals surface area contributed by atoms with Crippen LogP contribution >= 0.6 is 0 Å². The first-order valence-corrected chi connectivity index (χ1v) is 9.93. The summed E-state index contributed by atoms with van der Waals surface area (Å²) in [5, 5.41) is 0. The Kier molecular flexibility index (Phi) is 5.82. The fourth-order valence-corrected chi connectivity index (χ4v) is 2.35. The number of allylic oxidation sites excluding steroid dienone is 1. The van der Waals surface area contributed by atoms with E-state index in [0.29, 0.717) is 18.8 Å². The summed E-state index contributed by atoms with van der Waals surface area (Å²) < 4.78 is 10.8. The molecule has 4 heteroatoms. The first-order chi connectivity index (χ1) is 8.92. The topological polar surface area (TPSA) is 35.5 Å². The van der Waals surface area contributed by atoms with Crippen molar-refractivity contribution in [2.45, 2.75) is 33.0 Å². The molecule has 104 valence electrons. The predicted molar refractivity (Wildman–Crippen MR) is 79.3 cm³/mol. The van der Waals surface area contributed by atoms with E-state index in [1.165, 1.54) is 0 Å². The van der Waals surface area contributed by atoms with Gasteiger partial charge in [-0.05, 0) is 44.6 Å². The van der Waals surface area contributed by atoms with Crippen molar-refractivity contribution in [3.63, 3.8) is 0 Å². The molecule has 0 N–H and O–H groups in total. The van der Waals surface area contributed by atoms with Gasteiger partial charge in [0.05, 0.1) is 6.61 Å². The molecular weight excluding hydrogens is 256 g/mol. The van der Waals surface area contributed by atoms with Gasteiger partial charge in [-0.2, -0.15) is 0 Å². The molecule has 0 saturated carbocycles. The van der Waals surface area contributed by atoms with E-state index in [9.17, 15) is 4.79 Å². The Morgan fingerprint density at radius 2 is 1.84 bits per heavy atom. The average molecular weight is 278 g/mol. The molecule has 0 aromatic heterocycles. The smallest absolute Gasteiger partial charge is 0.371 e. The molecule has 0 amide bonds. The molecule has 0 bridgehead atoms. The summed E-state index contributed by atoms with van der Waals surface area (Å²) in [7, 11) is -1.82. The Bertz CT molecular complexity index is 432. The number of hydrogen-bond donors (Lipinski definition) is 0. The number of hydrogen-bond acceptors (Lipinski definition) is 3. The van der Waals surface area contributed by atoms with E-state index in [0.717, 1.165) is 5.56 Å². The average Bonchev–Trinajstić information content (AvgIpc) is 2.34. The van der Waals surface area contributed by atoms with Gasteiger partial charge < -0.3 is 9.16 Å². The molecule has 3 nitrogen and oxygen atoms in total. The van der Waals surface area contributed by atoms with Crippen LogP contribution in [0.2, 0.25) is 19.6 Å². The van der Waals surface area contributed by atoms with Crippen LogP contribution in [0.1, 0.15) is 12.5 Å². The SMILES string of the molecule is CCOC(=O)/C(=C\Cc1ccccc1)O[Si](C)(C)C. The van der Waals surface area contributed by atoms with E-state index in [4.69, 9.17) is 9.16 Å². The molecule has 1 rings (SSSR count). The zero-order valence-corrected chi connectivity index (χ0v) is 13.1. The van der Waals surface area contributed by atoms with E-state index in [1.54, 1.807) is 6.92 Å². The predicted octanol–water partition coefficient (Wildman–Crippen LogP) is 3.53.